The molecule has 0 bridgehead atoms. The van der Waals surface area contributed by atoms with Gasteiger partial charge in [0.15, 0.2) is 0 Å². The highest BCUT2D eigenvalue weighted by Crippen LogP contribution is 2.24. The molecule has 0 unspecified atom stereocenters. The number of nitrogens with zero attached hydrogens (tertiary/aromatic N) is 3. The van der Waals surface area contributed by atoms with Gasteiger partial charge in [-0.2, -0.15) is 0 Å². The van der Waals surface area contributed by atoms with Gasteiger partial charge in [0.25, 0.3) is 0 Å². The third kappa shape index (κ3) is 2.99. The molecule has 4 nitrogen and oxygen atoms in total. The molecule has 19 heavy (non-hydrogen) atoms. The van der Waals surface area contributed by atoms with Gasteiger partial charge in [-0.3, -0.25) is 0 Å². The Balaban J connectivity index is 2.38. The van der Waals surface area contributed by atoms with Crippen molar-refractivity contribution in [2.24, 2.45) is 0 Å². The number of nitrogens with two attached hydrogens (primary N) is 1. The quantitative estimate of drug-likeness (QED) is 0.921. The van der Waals surface area contributed by atoms with Crippen LogP contribution in [0.2, 0.25) is 0 Å². The maximum absolute atomic E-state index is 12.9. The molecule has 0 amide bonds. The minimum Gasteiger partial charge on any atom is -0.384 e. The van der Waals surface area contributed by atoms with E-state index in [2.05, 4.69) is 9.97 Å². The first-order valence-corrected chi connectivity index (χ1v) is 6.11. The molecule has 0 aliphatic carbocycles. The summed E-state index contributed by atoms with van der Waals surface area (Å²) in [6, 6.07) is 7.93. The number of halogens is 1. The molecule has 2 N–H and O–H groups in total. The Labute approximate surface area is 112 Å². The second-order valence-corrected chi connectivity index (χ2v) is 4.70. The van der Waals surface area contributed by atoms with E-state index < -0.39 is 0 Å². The van der Waals surface area contributed by atoms with Crippen molar-refractivity contribution in [1.82, 2.24) is 9.97 Å². The van der Waals surface area contributed by atoms with E-state index in [0.29, 0.717) is 17.5 Å². The fraction of sp³-hybridized carbons (Fsp3) is 0.286. The maximum atomic E-state index is 12.9. The van der Waals surface area contributed by atoms with E-state index in [9.17, 15) is 4.39 Å². The van der Waals surface area contributed by atoms with Crippen molar-refractivity contribution in [3.05, 3.63) is 42.0 Å². The molecule has 0 fully saturated rings. The van der Waals surface area contributed by atoms with Crippen molar-refractivity contribution in [2.45, 2.75) is 19.8 Å². The number of nitrogen functional groups attached to an aromatic ring is 1. The Bertz CT molecular complexity index is 566. The molecule has 0 saturated carbocycles. The lowest BCUT2D eigenvalue weighted by Gasteiger charge is -2.19. The minimum atomic E-state index is -0.262. The number of aromatic nitrogens is 2. The van der Waals surface area contributed by atoms with Crippen LogP contribution in [0.5, 0.6) is 0 Å². The smallest absolute Gasteiger partial charge is 0.138 e. The lowest BCUT2D eigenvalue weighted by atomic mass is 10.2. The van der Waals surface area contributed by atoms with Gasteiger partial charge in [0, 0.05) is 24.7 Å². The highest BCUT2D eigenvalue weighted by Gasteiger charge is 2.11. The van der Waals surface area contributed by atoms with Crippen LogP contribution in [-0.2, 0) is 0 Å². The maximum Gasteiger partial charge on any atom is 0.138 e. The Kier molecular flexibility index (Phi) is 3.64. The lowest BCUT2D eigenvalue weighted by molar-refractivity contribution is 0.628. The number of rotatable bonds is 3. The summed E-state index contributed by atoms with van der Waals surface area (Å²) in [6.07, 6.45) is 0. The molecule has 0 aliphatic rings. The molecule has 0 radical (unpaired) electrons. The van der Waals surface area contributed by atoms with Gasteiger partial charge < -0.3 is 10.6 Å². The third-order valence-electron chi connectivity index (χ3n) is 2.82. The van der Waals surface area contributed by atoms with Gasteiger partial charge in [-0.15, -0.1) is 0 Å². The molecule has 0 atom stereocenters. The molecule has 2 rings (SSSR count). The second-order valence-electron chi connectivity index (χ2n) is 4.70. The molecule has 0 aliphatic heterocycles. The van der Waals surface area contributed by atoms with Gasteiger partial charge in [-0.1, -0.05) is 13.8 Å². The highest BCUT2D eigenvalue weighted by molar-refractivity contribution is 5.61. The van der Waals surface area contributed by atoms with Crippen LogP contribution in [-0.4, -0.2) is 17.0 Å². The third-order valence-corrected chi connectivity index (χ3v) is 2.82. The summed E-state index contributed by atoms with van der Waals surface area (Å²) in [5, 5.41) is 0. The van der Waals surface area contributed by atoms with Crippen LogP contribution in [0.3, 0.4) is 0 Å². The van der Waals surface area contributed by atoms with Crippen molar-refractivity contribution in [1.29, 1.82) is 0 Å². The Morgan fingerprint density at radius 1 is 1.16 bits per heavy atom. The number of hydrogen-bond acceptors (Lipinski definition) is 4. The van der Waals surface area contributed by atoms with Crippen molar-refractivity contribution < 1.29 is 4.39 Å². The highest BCUT2D eigenvalue weighted by atomic mass is 19.1. The zero-order valence-electron chi connectivity index (χ0n) is 11.3. The predicted molar refractivity (Wildman–Crippen MR) is 75.0 cm³/mol. The summed E-state index contributed by atoms with van der Waals surface area (Å²) in [5.74, 6) is 1.76. The average molecular weight is 260 g/mol. The van der Waals surface area contributed by atoms with E-state index in [0.717, 1.165) is 5.69 Å². The average Bonchev–Trinajstić information content (AvgIpc) is 2.38. The van der Waals surface area contributed by atoms with Crippen LogP contribution in [0.25, 0.3) is 0 Å². The number of anilines is 3. The zero-order valence-corrected chi connectivity index (χ0v) is 11.3. The zero-order chi connectivity index (χ0) is 14.0. The molecule has 1 aromatic carbocycles. The SMILES string of the molecule is CC(C)c1nc(N)cc(N(C)c2ccc(F)cc2)n1. The summed E-state index contributed by atoms with van der Waals surface area (Å²) in [5.41, 5.74) is 6.64. The fourth-order valence-corrected chi connectivity index (χ4v) is 1.70. The number of benzene rings is 1. The van der Waals surface area contributed by atoms with Crippen molar-refractivity contribution >= 4 is 17.3 Å². The summed E-state index contributed by atoms with van der Waals surface area (Å²) < 4.78 is 12.9. The Hall–Kier alpha value is -2.17. The van der Waals surface area contributed by atoms with Crippen LogP contribution in [0.4, 0.5) is 21.7 Å². The molecule has 1 aromatic heterocycles. The normalized spacial score (nSPS) is 10.8. The second kappa shape index (κ2) is 5.22. The molecule has 2 aromatic rings. The van der Waals surface area contributed by atoms with Crippen molar-refractivity contribution in [3.63, 3.8) is 0 Å². The lowest BCUT2D eigenvalue weighted by Crippen LogP contribution is -2.14. The molecule has 0 spiro atoms. The van der Waals surface area contributed by atoms with Crippen LogP contribution in [0, 0.1) is 5.82 Å². The number of hydrogen-bond donors (Lipinski definition) is 1. The standard InChI is InChI=1S/C14H17FN4/c1-9(2)14-17-12(16)8-13(18-14)19(3)11-6-4-10(15)5-7-11/h4-9H,1-3H3,(H2,16,17,18). The van der Waals surface area contributed by atoms with E-state index in [-0.39, 0.29) is 11.7 Å². The van der Waals surface area contributed by atoms with Gasteiger partial charge in [0.1, 0.15) is 23.3 Å². The van der Waals surface area contributed by atoms with E-state index in [4.69, 9.17) is 5.73 Å². The van der Waals surface area contributed by atoms with E-state index in [1.165, 1.54) is 12.1 Å². The van der Waals surface area contributed by atoms with E-state index >= 15 is 0 Å². The predicted octanol–water partition coefficient (Wildman–Crippen LogP) is 3.09. The summed E-state index contributed by atoms with van der Waals surface area (Å²) in [7, 11) is 1.86. The minimum absolute atomic E-state index is 0.198. The van der Waals surface area contributed by atoms with Crippen LogP contribution in [0.15, 0.2) is 30.3 Å². The molecular formula is C14H17FN4. The fourth-order valence-electron chi connectivity index (χ4n) is 1.70. The molecule has 0 saturated heterocycles. The largest absolute Gasteiger partial charge is 0.384 e. The molecule has 5 heteroatoms. The first-order chi connectivity index (χ1) is 8.97. The van der Waals surface area contributed by atoms with E-state index in [1.54, 1.807) is 18.2 Å². The van der Waals surface area contributed by atoms with E-state index in [1.807, 2.05) is 25.8 Å². The molecule has 1 heterocycles. The van der Waals surface area contributed by atoms with Crippen molar-refractivity contribution in [3.8, 4) is 0 Å². The Morgan fingerprint density at radius 3 is 2.37 bits per heavy atom. The van der Waals surface area contributed by atoms with Gasteiger partial charge in [0.2, 0.25) is 0 Å². The molecular weight excluding hydrogens is 243 g/mol. The van der Waals surface area contributed by atoms with Gasteiger partial charge in [-0.25, -0.2) is 14.4 Å². The summed E-state index contributed by atoms with van der Waals surface area (Å²) in [6.45, 7) is 4.02. The van der Waals surface area contributed by atoms with Crippen LogP contribution >= 0.6 is 0 Å². The van der Waals surface area contributed by atoms with Crippen molar-refractivity contribution in [2.75, 3.05) is 17.7 Å². The van der Waals surface area contributed by atoms with Crippen LogP contribution in [0.1, 0.15) is 25.6 Å². The topological polar surface area (TPSA) is 55.0 Å². The summed E-state index contributed by atoms with van der Waals surface area (Å²) in [4.78, 5) is 10.5. The Morgan fingerprint density at radius 2 is 1.79 bits per heavy atom. The van der Waals surface area contributed by atoms with Gasteiger partial charge >= 0.3 is 0 Å². The first-order valence-electron chi connectivity index (χ1n) is 6.11. The van der Waals surface area contributed by atoms with Gasteiger partial charge in [-0.05, 0) is 24.3 Å². The summed E-state index contributed by atoms with van der Waals surface area (Å²) >= 11 is 0. The van der Waals surface area contributed by atoms with Crippen LogP contribution < -0.4 is 10.6 Å². The molecule has 100 valence electrons. The first kappa shape index (κ1) is 13.3. The van der Waals surface area contributed by atoms with Gasteiger partial charge in [0.05, 0.1) is 0 Å². The monoisotopic (exact) mass is 260 g/mol.